The van der Waals surface area contributed by atoms with Gasteiger partial charge in [0, 0.05) is 5.92 Å². The molecular weight excluding hydrogens is 156 g/mol. The minimum atomic E-state index is -0.425. The van der Waals surface area contributed by atoms with E-state index in [-0.39, 0.29) is 11.7 Å². The Balaban J connectivity index is 1.95. The van der Waals surface area contributed by atoms with Crippen LogP contribution in [-0.4, -0.2) is 18.2 Å². The third-order valence-electron chi connectivity index (χ3n) is 3.26. The van der Waals surface area contributed by atoms with Crippen LogP contribution in [0.1, 0.15) is 6.42 Å². The molecule has 0 aromatic carbocycles. The Labute approximate surface area is 69.6 Å². The molecule has 2 aliphatic heterocycles. The van der Waals surface area contributed by atoms with Crippen LogP contribution in [0.2, 0.25) is 0 Å². The summed E-state index contributed by atoms with van der Waals surface area (Å²) in [6, 6.07) is 0. The van der Waals surface area contributed by atoms with Gasteiger partial charge in [-0.15, -0.1) is 0 Å². The van der Waals surface area contributed by atoms with Gasteiger partial charge in [-0.3, -0.25) is 0 Å². The third kappa shape index (κ3) is 0.383. The summed E-state index contributed by atoms with van der Waals surface area (Å²) < 4.78 is 16.6. The van der Waals surface area contributed by atoms with E-state index in [2.05, 4.69) is 6.08 Å². The maximum atomic E-state index is 5.66. The molecule has 0 radical (unpaired) electrons. The van der Waals surface area contributed by atoms with Gasteiger partial charge in [0.2, 0.25) is 0 Å². The highest BCUT2D eigenvalue weighted by atomic mass is 16.9. The lowest BCUT2D eigenvalue weighted by molar-refractivity contribution is -0.194. The molecule has 1 spiro atoms. The molecular formula is C9H8O3. The fraction of sp³-hybridized carbons (Fsp3) is 0.556. The molecule has 2 saturated heterocycles. The molecule has 4 aliphatic rings. The minimum absolute atomic E-state index is 0.209. The molecule has 0 aromatic rings. The van der Waals surface area contributed by atoms with Crippen LogP contribution in [0.3, 0.4) is 0 Å². The number of hydrogen-bond acceptors (Lipinski definition) is 3. The number of fused-ring (bicyclic) bond motifs is 1. The third-order valence-corrected chi connectivity index (χ3v) is 3.26. The van der Waals surface area contributed by atoms with Crippen LogP contribution in [0.15, 0.2) is 24.0 Å². The average Bonchev–Trinajstić information content (AvgIpc) is 2.54. The molecule has 0 amide bonds. The van der Waals surface area contributed by atoms with E-state index in [1.165, 1.54) is 0 Å². The standard InChI is InChI=1S/C9H8O3/c1-2-5-4-7-9(5)6(3-1)10-8(11-7)12-9/h1-3,5,7-8H,4H2. The van der Waals surface area contributed by atoms with Gasteiger partial charge in [-0.2, -0.15) is 0 Å². The largest absolute Gasteiger partial charge is 0.442 e. The minimum Gasteiger partial charge on any atom is -0.442 e. The van der Waals surface area contributed by atoms with Gasteiger partial charge in [-0.25, -0.2) is 0 Å². The van der Waals surface area contributed by atoms with Gasteiger partial charge in [-0.1, -0.05) is 12.2 Å². The topological polar surface area (TPSA) is 27.7 Å². The maximum Gasteiger partial charge on any atom is 0.317 e. The van der Waals surface area contributed by atoms with Crippen molar-refractivity contribution in [3.05, 3.63) is 24.0 Å². The summed E-state index contributed by atoms with van der Waals surface area (Å²) in [5.41, 5.74) is -0.209. The molecule has 3 nitrogen and oxygen atoms in total. The van der Waals surface area contributed by atoms with Crippen LogP contribution < -0.4 is 0 Å². The van der Waals surface area contributed by atoms with Crippen LogP contribution in [-0.2, 0) is 14.2 Å². The molecule has 0 N–H and O–H groups in total. The zero-order valence-electron chi connectivity index (χ0n) is 6.40. The second kappa shape index (κ2) is 1.47. The fourth-order valence-corrected chi connectivity index (χ4v) is 2.62. The second-order valence-electron chi connectivity index (χ2n) is 3.70. The van der Waals surface area contributed by atoms with E-state index in [0.29, 0.717) is 5.92 Å². The first-order valence-electron chi connectivity index (χ1n) is 4.28. The van der Waals surface area contributed by atoms with Crippen molar-refractivity contribution in [1.29, 1.82) is 0 Å². The Kier molecular flexibility index (Phi) is 0.710. The van der Waals surface area contributed by atoms with Gasteiger partial charge in [0.1, 0.15) is 11.9 Å². The van der Waals surface area contributed by atoms with Crippen LogP contribution in [0.5, 0.6) is 0 Å². The van der Waals surface area contributed by atoms with Crippen LogP contribution >= 0.6 is 0 Å². The predicted molar refractivity (Wildman–Crippen MR) is 38.9 cm³/mol. The zero-order valence-corrected chi connectivity index (χ0v) is 6.40. The van der Waals surface area contributed by atoms with E-state index < -0.39 is 6.48 Å². The van der Waals surface area contributed by atoms with E-state index in [9.17, 15) is 0 Å². The van der Waals surface area contributed by atoms with Crippen LogP contribution in [0, 0.1) is 5.92 Å². The van der Waals surface area contributed by atoms with Crippen molar-refractivity contribution in [1.82, 2.24) is 0 Å². The van der Waals surface area contributed by atoms with Gasteiger partial charge < -0.3 is 14.2 Å². The van der Waals surface area contributed by atoms with Crippen molar-refractivity contribution in [2.24, 2.45) is 5.92 Å². The van der Waals surface area contributed by atoms with Crippen LogP contribution in [0.25, 0.3) is 0 Å². The zero-order chi connectivity index (χ0) is 7.76. The van der Waals surface area contributed by atoms with Crippen molar-refractivity contribution < 1.29 is 14.2 Å². The number of ether oxygens (including phenoxy) is 3. The lowest BCUT2D eigenvalue weighted by atomic mass is 9.64. The van der Waals surface area contributed by atoms with E-state index in [4.69, 9.17) is 14.2 Å². The molecule has 4 rings (SSSR count). The van der Waals surface area contributed by atoms with Gasteiger partial charge in [0.15, 0.2) is 5.60 Å². The Bertz CT molecular complexity index is 320. The fourth-order valence-electron chi connectivity index (χ4n) is 2.62. The van der Waals surface area contributed by atoms with Crippen molar-refractivity contribution in [3.8, 4) is 0 Å². The summed E-state index contributed by atoms with van der Waals surface area (Å²) in [7, 11) is 0. The van der Waals surface area contributed by atoms with Crippen molar-refractivity contribution in [2.45, 2.75) is 24.6 Å². The molecule has 12 heavy (non-hydrogen) atoms. The van der Waals surface area contributed by atoms with E-state index in [1.54, 1.807) is 0 Å². The first kappa shape index (κ1) is 5.78. The molecule has 0 aromatic heterocycles. The Morgan fingerprint density at radius 3 is 3.33 bits per heavy atom. The molecule has 4 atom stereocenters. The first-order chi connectivity index (χ1) is 5.89. The second-order valence-corrected chi connectivity index (χ2v) is 3.70. The van der Waals surface area contributed by atoms with Crippen molar-refractivity contribution in [2.75, 3.05) is 0 Å². The van der Waals surface area contributed by atoms with Gasteiger partial charge in [0.25, 0.3) is 0 Å². The van der Waals surface area contributed by atoms with E-state index >= 15 is 0 Å². The normalized spacial score (nSPS) is 57.3. The number of allylic oxidation sites excluding steroid dienone is 2. The van der Waals surface area contributed by atoms with Crippen molar-refractivity contribution >= 4 is 0 Å². The van der Waals surface area contributed by atoms with Gasteiger partial charge in [-0.05, 0) is 12.5 Å². The lowest BCUT2D eigenvalue weighted by Crippen LogP contribution is -2.58. The Morgan fingerprint density at radius 1 is 1.50 bits per heavy atom. The molecule has 3 fully saturated rings. The summed E-state index contributed by atoms with van der Waals surface area (Å²) >= 11 is 0. The highest BCUT2D eigenvalue weighted by molar-refractivity contribution is 5.37. The first-order valence-corrected chi connectivity index (χ1v) is 4.28. The Hall–Kier alpha value is -0.800. The van der Waals surface area contributed by atoms with Gasteiger partial charge in [0.05, 0.1) is 0 Å². The SMILES string of the molecule is C1=CC2CC3OC4OC(=C1)C23O4. The molecule has 1 saturated carbocycles. The van der Waals surface area contributed by atoms with Crippen molar-refractivity contribution in [3.63, 3.8) is 0 Å². The highest BCUT2D eigenvalue weighted by Gasteiger charge is 2.71. The molecule has 2 aliphatic carbocycles. The summed E-state index contributed by atoms with van der Waals surface area (Å²) in [4.78, 5) is 0. The smallest absolute Gasteiger partial charge is 0.317 e. The Morgan fingerprint density at radius 2 is 2.50 bits per heavy atom. The summed E-state index contributed by atoms with van der Waals surface area (Å²) in [6.45, 7) is -0.425. The number of rotatable bonds is 0. The quantitative estimate of drug-likeness (QED) is 0.533. The van der Waals surface area contributed by atoms with Gasteiger partial charge >= 0.3 is 6.48 Å². The van der Waals surface area contributed by atoms with E-state index in [1.807, 2.05) is 12.2 Å². The summed E-state index contributed by atoms with van der Waals surface area (Å²) in [5, 5.41) is 0. The lowest BCUT2D eigenvalue weighted by Gasteiger charge is -2.48. The molecule has 4 unspecified atom stereocenters. The monoisotopic (exact) mass is 164 g/mol. The molecule has 3 heteroatoms. The predicted octanol–water partition coefficient (Wildman–Crippen LogP) is 0.928. The average molecular weight is 164 g/mol. The van der Waals surface area contributed by atoms with E-state index in [0.717, 1.165) is 12.2 Å². The summed E-state index contributed by atoms with van der Waals surface area (Å²) in [5.74, 6) is 1.46. The molecule has 2 bridgehead atoms. The summed E-state index contributed by atoms with van der Waals surface area (Å²) in [6.07, 6.45) is 7.54. The number of hydrogen-bond donors (Lipinski definition) is 0. The highest BCUT2D eigenvalue weighted by Crippen LogP contribution is 2.60. The molecule has 2 heterocycles. The maximum absolute atomic E-state index is 5.66. The van der Waals surface area contributed by atoms with Crippen LogP contribution in [0.4, 0.5) is 0 Å². The molecule has 62 valence electrons.